The minimum atomic E-state index is 0.548. The second-order valence-electron chi connectivity index (χ2n) is 13.8. The van der Waals surface area contributed by atoms with Crippen molar-refractivity contribution >= 4 is 43.6 Å². The van der Waals surface area contributed by atoms with Crippen molar-refractivity contribution in [1.29, 1.82) is 15.8 Å². The molecular weight excluding hydrogens is 685 g/mol. The van der Waals surface area contributed by atoms with Gasteiger partial charge in [0.2, 0.25) is 0 Å². The zero-order valence-corrected chi connectivity index (χ0v) is 29.8. The number of benzene rings is 7. The van der Waals surface area contributed by atoms with Crippen LogP contribution in [0.4, 0.5) is 0 Å². The van der Waals surface area contributed by atoms with E-state index in [0.717, 1.165) is 88.5 Å². The van der Waals surface area contributed by atoms with Gasteiger partial charge in [-0.1, -0.05) is 72.8 Å². The monoisotopic (exact) mass is 712 g/mol. The fraction of sp³-hybridized carbons (Fsp3) is 0. The number of nitrogens with zero attached hydrogens (tertiary/aromatic N) is 6. The molecule has 10 rings (SSSR count). The van der Waals surface area contributed by atoms with Crippen LogP contribution in [0.1, 0.15) is 16.7 Å². The van der Waals surface area contributed by atoms with E-state index in [1.54, 1.807) is 0 Å². The molecule has 0 saturated heterocycles. The Morgan fingerprint density at radius 2 is 0.875 bits per heavy atom. The molecule has 3 heterocycles. The van der Waals surface area contributed by atoms with Gasteiger partial charge >= 0.3 is 0 Å². The first-order valence-corrected chi connectivity index (χ1v) is 18.2. The average molecular weight is 713 g/mol. The minimum absolute atomic E-state index is 0.548. The molecule has 0 spiro atoms. The van der Waals surface area contributed by atoms with Gasteiger partial charge in [0, 0.05) is 39.0 Å². The molecule has 258 valence electrons. The van der Waals surface area contributed by atoms with E-state index in [1.807, 2.05) is 79.0 Å². The van der Waals surface area contributed by atoms with Crippen molar-refractivity contribution in [2.24, 2.45) is 0 Å². The molecule has 10 aromatic rings. The summed E-state index contributed by atoms with van der Waals surface area (Å²) >= 11 is 0. The van der Waals surface area contributed by atoms with Crippen molar-refractivity contribution in [3.63, 3.8) is 0 Å². The second kappa shape index (κ2) is 13.0. The van der Waals surface area contributed by atoms with Crippen molar-refractivity contribution < 1.29 is 0 Å². The number of pyridine rings is 1. The summed E-state index contributed by atoms with van der Waals surface area (Å²) in [5.41, 5.74) is 13.7. The summed E-state index contributed by atoms with van der Waals surface area (Å²) in [5.74, 6) is 0. The van der Waals surface area contributed by atoms with E-state index < -0.39 is 0 Å². The van der Waals surface area contributed by atoms with E-state index in [0.29, 0.717) is 16.7 Å². The van der Waals surface area contributed by atoms with Gasteiger partial charge in [-0.3, -0.25) is 4.98 Å². The number of para-hydroxylation sites is 2. The molecular formula is C50H28N6. The Labute approximate surface area is 322 Å². The number of fused-ring (bicyclic) bond motifs is 6. The largest absolute Gasteiger partial charge is 0.309 e. The highest BCUT2D eigenvalue weighted by Gasteiger charge is 2.19. The first-order valence-electron chi connectivity index (χ1n) is 18.2. The smallest absolute Gasteiger partial charge is 0.0991 e. The lowest BCUT2D eigenvalue weighted by Gasteiger charge is -2.15. The van der Waals surface area contributed by atoms with Gasteiger partial charge < -0.3 is 9.13 Å². The first kappa shape index (κ1) is 32.4. The maximum atomic E-state index is 10.1. The normalized spacial score (nSPS) is 11.2. The molecule has 0 atom stereocenters. The molecule has 0 saturated carbocycles. The van der Waals surface area contributed by atoms with Crippen molar-refractivity contribution in [3.05, 3.63) is 187 Å². The van der Waals surface area contributed by atoms with Gasteiger partial charge in [0.1, 0.15) is 0 Å². The lowest BCUT2D eigenvalue weighted by Crippen LogP contribution is -2.00. The van der Waals surface area contributed by atoms with Crippen LogP contribution in [0.3, 0.4) is 0 Å². The lowest BCUT2D eigenvalue weighted by molar-refractivity contribution is 1.14. The molecule has 0 aliphatic heterocycles. The Balaban J connectivity index is 1.15. The van der Waals surface area contributed by atoms with Gasteiger partial charge in [0.05, 0.1) is 68.3 Å². The summed E-state index contributed by atoms with van der Waals surface area (Å²) in [6.45, 7) is 0. The summed E-state index contributed by atoms with van der Waals surface area (Å²) in [7, 11) is 0. The van der Waals surface area contributed by atoms with Gasteiger partial charge in [0.15, 0.2) is 0 Å². The van der Waals surface area contributed by atoms with Gasteiger partial charge in [-0.2, -0.15) is 15.8 Å². The van der Waals surface area contributed by atoms with Crippen LogP contribution in [-0.2, 0) is 0 Å². The van der Waals surface area contributed by atoms with Crippen molar-refractivity contribution in [2.75, 3.05) is 0 Å². The molecule has 56 heavy (non-hydrogen) atoms. The molecule has 6 heteroatoms. The molecule has 0 N–H and O–H groups in total. The third-order valence-corrected chi connectivity index (χ3v) is 10.7. The number of hydrogen-bond donors (Lipinski definition) is 0. The molecule has 0 aliphatic rings. The van der Waals surface area contributed by atoms with E-state index in [4.69, 9.17) is 4.98 Å². The van der Waals surface area contributed by atoms with Gasteiger partial charge in [-0.05, 0) is 113 Å². The summed E-state index contributed by atoms with van der Waals surface area (Å²) in [5, 5.41) is 33.2. The predicted molar refractivity (Wildman–Crippen MR) is 223 cm³/mol. The molecule has 3 aromatic heterocycles. The molecule has 6 nitrogen and oxygen atoms in total. The highest BCUT2D eigenvalue weighted by molar-refractivity contribution is 6.12. The number of hydrogen-bond acceptors (Lipinski definition) is 4. The Hall–Kier alpha value is -8.24. The summed E-state index contributed by atoms with van der Waals surface area (Å²) in [4.78, 5) is 4.94. The summed E-state index contributed by atoms with van der Waals surface area (Å²) in [6.07, 6.45) is 1.84. The lowest BCUT2D eigenvalue weighted by atomic mass is 10.0. The fourth-order valence-corrected chi connectivity index (χ4v) is 8.03. The van der Waals surface area contributed by atoms with Crippen LogP contribution >= 0.6 is 0 Å². The molecule has 7 aromatic carbocycles. The van der Waals surface area contributed by atoms with E-state index in [9.17, 15) is 15.8 Å². The van der Waals surface area contributed by atoms with Gasteiger partial charge in [-0.25, -0.2) is 0 Å². The summed E-state index contributed by atoms with van der Waals surface area (Å²) in [6, 6.07) is 61.9. The SMILES string of the molecule is N#Cc1ccc(-c2ccc3c(c2)c2ccccc2n3-c2ccnc(-c3cc(C#N)ccc3-n3c4ccccc4c4cc(-c5ccc(C#N)cc5)ccc43)c2)cc1. The quantitative estimate of drug-likeness (QED) is 0.177. The van der Waals surface area contributed by atoms with E-state index in [1.165, 1.54) is 0 Å². The third kappa shape index (κ3) is 5.20. The predicted octanol–water partition coefficient (Wildman–Crippen LogP) is 11.9. The molecule has 0 unspecified atom stereocenters. The van der Waals surface area contributed by atoms with E-state index >= 15 is 0 Å². The van der Waals surface area contributed by atoms with Crippen LogP contribution < -0.4 is 0 Å². The number of aromatic nitrogens is 3. The maximum absolute atomic E-state index is 10.1. The zero-order chi connectivity index (χ0) is 37.8. The van der Waals surface area contributed by atoms with Crippen LogP contribution in [0.5, 0.6) is 0 Å². The van der Waals surface area contributed by atoms with Gasteiger partial charge in [0.25, 0.3) is 0 Å². The fourth-order valence-electron chi connectivity index (χ4n) is 8.03. The van der Waals surface area contributed by atoms with Crippen LogP contribution in [0.15, 0.2) is 170 Å². The Kier molecular flexibility index (Phi) is 7.53. The van der Waals surface area contributed by atoms with Crippen LogP contribution in [0, 0.1) is 34.0 Å². The molecule has 0 amide bonds. The molecule has 0 aliphatic carbocycles. The molecule has 0 bridgehead atoms. The Morgan fingerprint density at radius 1 is 0.393 bits per heavy atom. The van der Waals surface area contributed by atoms with Crippen LogP contribution in [0.2, 0.25) is 0 Å². The third-order valence-electron chi connectivity index (χ3n) is 10.7. The highest BCUT2D eigenvalue weighted by Crippen LogP contribution is 2.40. The Morgan fingerprint density at radius 3 is 1.45 bits per heavy atom. The van der Waals surface area contributed by atoms with Crippen molar-refractivity contribution in [1.82, 2.24) is 14.1 Å². The van der Waals surface area contributed by atoms with Crippen molar-refractivity contribution in [2.45, 2.75) is 0 Å². The number of rotatable bonds is 5. The minimum Gasteiger partial charge on any atom is -0.309 e. The standard InChI is InChI=1S/C50H28N6/c51-29-32-9-14-35(15-10-32)37-18-21-48-42(26-37)40-5-1-3-7-46(40)55(48)39-23-24-54-45(28-39)44-25-34(31-53)13-20-50(44)56-47-8-4-2-6-41(47)43-27-38(19-22-49(43)56)36-16-11-33(30-52)12-17-36/h1-28H. The van der Waals surface area contributed by atoms with Crippen LogP contribution in [-0.4, -0.2) is 14.1 Å². The van der Waals surface area contributed by atoms with Crippen molar-refractivity contribution in [3.8, 4) is 63.1 Å². The summed E-state index contributed by atoms with van der Waals surface area (Å²) < 4.78 is 4.54. The highest BCUT2D eigenvalue weighted by atomic mass is 15.0. The van der Waals surface area contributed by atoms with E-state index in [-0.39, 0.29) is 0 Å². The Bertz CT molecular complexity index is 3330. The molecule has 0 radical (unpaired) electrons. The molecule has 0 fully saturated rings. The van der Waals surface area contributed by atoms with E-state index in [2.05, 4.69) is 118 Å². The number of nitriles is 3. The van der Waals surface area contributed by atoms with Gasteiger partial charge in [-0.15, -0.1) is 0 Å². The average Bonchev–Trinajstić information content (AvgIpc) is 3.78. The second-order valence-corrected chi connectivity index (χ2v) is 13.8. The van der Waals surface area contributed by atoms with Crippen LogP contribution in [0.25, 0.3) is 88.5 Å². The topological polar surface area (TPSA) is 94.1 Å². The maximum Gasteiger partial charge on any atom is 0.0991 e. The zero-order valence-electron chi connectivity index (χ0n) is 29.8. The first-order chi connectivity index (χ1) is 27.6.